The Hall–Kier alpha value is -2.09. The minimum atomic E-state index is -0.977. The van der Waals surface area contributed by atoms with Crippen molar-refractivity contribution in [2.75, 3.05) is 0 Å². The molecule has 1 aliphatic carbocycles. The fourth-order valence-electron chi connectivity index (χ4n) is 2.70. The number of benzene rings is 1. The van der Waals surface area contributed by atoms with Gasteiger partial charge in [0.15, 0.2) is 0 Å². The molecule has 22 heavy (non-hydrogen) atoms. The molecule has 0 saturated heterocycles. The molecule has 0 spiro atoms. The van der Waals surface area contributed by atoms with Gasteiger partial charge in [-0.2, -0.15) is 5.26 Å². The van der Waals surface area contributed by atoms with Crippen LogP contribution in [0.3, 0.4) is 0 Å². The number of carboxylic acids is 1. The van der Waals surface area contributed by atoms with Crippen molar-refractivity contribution in [3.63, 3.8) is 0 Å². The second-order valence-corrected chi connectivity index (χ2v) is 5.91. The first-order valence-electron chi connectivity index (χ1n) is 6.98. The van der Waals surface area contributed by atoms with E-state index in [4.69, 9.17) is 22.4 Å². The molecular formula is C17H17ClN2O2. The topological polar surface area (TPSA) is 87.1 Å². The van der Waals surface area contributed by atoms with Crippen molar-refractivity contribution in [2.24, 2.45) is 11.1 Å². The SMILES string of the molecule is N#CC1(CC(N)CC(=O)O)CC(c2ccccc2)=CC=C1Cl. The Balaban J connectivity index is 2.26. The summed E-state index contributed by atoms with van der Waals surface area (Å²) >= 11 is 6.26. The number of nitriles is 1. The molecule has 1 aromatic rings. The third-order valence-corrected chi connectivity index (χ3v) is 4.27. The average molecular weight is 317 g/mol. The maximum Gasteiger partial charge on any atom is 0.304 e. The van der Waals surface area contributed by atoms with Crippen molar-refractivity contribution < 1.29 is 9.90 Å². The molecule has 0 saturated carbocycles. The van der Waals surface area contributed by atoms with Gasteiger partial charge in [0.2, 0.25) is 0 Å². The largest absolute Gasteiger partial charge is 0.481 e. The second kappa shape index (κ2) is 6.78. The number of carbonyl (C=O) groups is 1. The van der Waals surface area contributed by atoms with Crippen LogP contribution in [0.15, 0.2) is 47.5 Å². The number of carboxylic acid groups (broad SMARTS) is 1. The van der Waals surface area contributed by atoms with Crippen LogP contribution in [-0.2, 0) is 4.79 Å². The summed E-state index contributed by atoms with van der Waals surface area (Å²) in [5.74, 6) is -0.977. The van der Waals surface area contributed by atoms with Gasteiger partial charge in [-0.3, -0.25) is 4.79 Å². The molecular weight excluding hydrogens is 300 g/mol. The lowest BCUT2D eigenvalue weighted by Gasteiger charge is -2.32. The lowest BCUT2D eigenvalue weighted by molar-refractivity contribution is -0.137. The number of nitrogens with zero attached hydrogens (tertiary/aromatic N) is 1. The van der Waals surface area contributed by atoms with E-state index >= 15 is 0 Å². The zero-order valence-electron chi connectivity index (χ0n) is 12.0. The van der Waals surface area contributed by atoms with E-state index in [1.54, 1.807) is 6.08 Å². The summed E-state index contributed by atoms with van der Waals surface area (Å²) in [4.78, 5) is 10.8. The third kappa shape index (κ3) is 3.56. The van der Waals surface area contributed by atoms with Gasteiger partial charge in [0.1, 0.15) is 0 Å². The number of allylic oxidation sites excluding steroid dienone is 4. The molecule has 1 aromatic carbocycles. The van der Waals surface area contributed by atoms with Crippen molar-refractivity contribution >= 4 is 23.1 Å². The molecule has 4 nitrogen and oxygen atoms in total. The van der Waals surface area contributed by atoms with E-state index in [-0.39, 0.29) is 12.8 Å². The molecule has 2 unspecified atom stereocenters. The molecule has 0 aliphatic heterocycles. The van der Waals surface area contributed by atoms with E-state index in [1.165, 1.54) is 0 Å². The number of hydrogen-bond acceptors (Lipinski definition) is 3. The van der Waals surface area contributed by atoms with Gasteiger partial charge < -0.3 is 10.8 Å². The van der Waals surface area contributed by atoms with Gasteiger partial charge in [-0.25, -0.2) is 0 Å². The van der Waals surface area contributed by atoms with Gasteiger partial charge in [-0.05, 0) is 30.1 Å². The molecule has 2 atom stereocenters. The molecule has 3 N–H and O–H groups in total. The molecule has 2 rings (SSSR count). The van der Waals surface area contributed by atoms with Crippen molar-refractivity contribution in [1.82, 2.24) is 0 Å². The van der Waals surface area contributed by atoms with Crippen LogP contribution in [0.5, 0.6) is 0 Å². The van der Waals surface area contributed by atoms with Gasteiger partial charge in [0.25, 0.3) is 0 Å². The first-order chi connectivity index (χ1) is 10.5. The van der Waals surface area contributed by atoms with Crippen LogP contribution >= 0.6 is 11.6 Å². The standard InChI is InChI=1S/C17H17ClN2O2/c18-15-7-6-13(12-4-2-1-3-5-12)9-17(15,11-19)10-14(20)8-16(21)22/h1-7,14H,8-10,20H2,(H,21,22). The number of aliphatic carboxylic acids is 1. The molecule has 1 aliphatic rings. The summed E-state index contributed by atoms with van der Waals surface area (Å²) in [5, 5.41) is 18.9. The summed E-state index contributed by atoms with van der Waals surface area (Å²) in [6.45, 7) is 0. The minimum absolute atomic E-state index is 0.183. The smallest absolute Gasteiger partial charge is 0.304 e. The van der Waals surface area contributed by atoms with Crippen molar-refractivity contribution in [2.45, 2.75) is 25.3 Å². The number of hydrogen-bond donors (Lipinski definition) is 2. The van der Waals surface area contributed by atoms with Crippen LogP contribution < -0.4 is 5.73 Å². The summed E-state index contributed by atoms with van der Waals surface area (Å²) < 4.78 is 0. The molecule has 0 heterocycles. The Labute approximate surface area is 134 Å². The Morgan fingerprint density at radius 2 is 2.09 bits per heavy atom. The Morgan fingerprint density at radius 3 is 2.68 bits per heavy atom. The highest BCUT2D eigenvalue weighted by molar-refractivity contribution is 6.31. The molecule has 0 bridgehead atoms. The highest BCUT2D eigenvalue weighted by Crippen LogP contribution is 2.45. The fraction of sp³-hybridized carbons (Fsp3) is 0.294. The predicted octanol–water partition coefficient (Wildman–Crippen LogP) is 3.30. The quantitative estimate of drug-likeness (QED) is 0.872. The zero-order chi connectivity index (χ0) is 16.2. The number of halogens is 1. The Morgan fingerprint density at radius 1 is 1.41 bits per heavy atom. The summed E-state index contributed by atoms with van der Waals surface area (Å²) in [5.41, 5.74) is 6.93. The van der Waals surface area contributed by atoms with Gasteiger partial charge in [-0.15, -0.1) is 0 Å². The maximum atomic E-state index is 10.8. The summed E-state index contributed by atoms with van der Waals surface area (Å²) in [6, 6.07) is 11.4. The summed E-state index contributed by atoms with van der Waals surface area (Å²) in [6.07, 6.45) is 4.07. The van der Waals surface area contributed by atoms with E-state index in [0.717, 1.165) is 11.1 Å². The Bertz CT molecular complexity index is 661. The first kappa shape index (κ1) is 16.3. The van der Waals surface area contributed by atoms with E-state index in [1.807, 2.05) is 36.4 Å². The molecule has 114 valence electrons. The van der Waals surface area contributed by atoms with Crippen LogP contribution in [-0.4, -0.2) is 17.1 Å². The van der Waals surface area contributed by atoms with Gasteiger partial charge in [-0.1, -0.05) is 48.0 Å². The van der Waals surface area contributed by atoms with E-state index < -0.39 is 17.4 Å². The molecule has 5 heteroatoms. The highest BCUT2D eigenvalue weighted by atomic mass is 35.5. The van der Waals surface area contributed by atoms with Crippen LogP contribution in [0, 0.1) is 16.7 Å². The lowest BCUT2D eigenvalue weighted by atomic mass is 9.73. The molecule has 0 radical (unpaired) electrons. The minimum Gasteiger partial charge on any atom is -0.481 e. The highest BCUT2D eigenvalue weighted by Gasteiger charge is 2.38. The Kier molecular flexibility index (Phi) is 5.02. The second-order valence-electron chi connectivity index (χ2n) is 5.51. The molecule has 0 fully saturated rings. The number of rotatable bonds is 5. The van der Waals surface area contributed by atoms with E-state index in [9.17, 15) is 10.1 Å². The van der Waals surface area contributed by atoms with Crippen LogP contribution in [0.2, 0.25) is 0 Å². The average Bonchev–Trinajstić information content (AvgIpc) is 2.49. The molecule has 0 aromatic heterocycles. The van der Waals surface area contributed by atoms with E-state index in [0.29, 0.717) is 11.5 Å². The van der Waals surface area contributed by atoms with Crippen LogP contribution in [0.25, 0.3) is 5.57 Å². The fourth-order valence-corrected chi connectivity index (χ4v) is 2.95. The van der Waals surface area contributed by atoms with Gasteiger partial charge in [0, 0.05) is 11.1 Å². The molecule has 0 amide bonds. The normalized spacial score (nSPS) is 22.2. The van der Waals surface area contributed by atoms with Gasteiger partial charge in [0.05, 0.1) is 17.9 Å². The van der Waals surface area contributed by atoms with E-state index in [2.05, 4.69) is 6.07 Å². The predicted molar refractivity (Wildman–Crippen MR) is 85.9 cm³/mol. The van der Waals surface area contributed by atoms with Gasteiger partial charge >= 0.3 is 5.97 Å². The lowest BCUT2D eigenvalue weighted by Crippen LogP contribution is -2.34. The van der Waals surface area contributed by atoms with Crippen molar-refractivity contribution in [1.29, 1.82) is 5.26 Å². The zero-order valence-corrected chi connectivity index (χ0v) is 12.8. The monoisotopic (exact) mass is 316 g/mol. The third-order valence-electron chi connectivity index (χ3n) is 3.79. The van der Waals surface area contributed by atoms with Crippen LogP contribution in [0.4, 0.5) is 0 Å². The van der Waals surface area contributed by atoms with Crippen LogP contribution in [0.1, 0.15) is 24.8 Å². The first-order valence-corrected chi connectivity index (χ1v) is 7.35. The van der Waals surface area contributed by atoms with Crippen molar-refractivity contribution in [3.05, 3.63) is 53.1 Å². The summed E-state index contributed by atoms with van der Waals surface area (Å²) in [7, 11) is 0. The van der Waals surface area contributed by atoms with Crippen molar-refractivity contribution in [3.8, 4) is 6.07 Å². The number of nitrogens with two attached hydrogens (primary N) is 1. The maximum absolute atomic E-state index is 10.8.